The van der Waals surface area contributed by atoms with Crippen LogP contribution in [0.3, 0.4) is 0 Å². The number of piperazine rings is 1. The molecule has 0 spiro atoms. The van der Waals surface area contributed by atoms with Gasteiger partial charge in [-0.2, -0.15) is 0 Å². The summed E-state index contributed by atoms with van der Waals surface area (Å²) in [6.07, 6.45) is 0. The van der Waals surface area contributed by atoms with E-state index in [0.717, 1.165) is 16.8 Å². The van der Waals surface area contributed by atoms with Crippen molar-refractivity contribution in [3.05, 3.63) is 88.0 Å². The summed E-state index contributed by atoms with van der Waals surface area (Å²) in [6.45, 7) is 7.99. The Hall–Kier alpha value is -2.64. The van der Waals surface area contributed by atoms with Crippen LogP contribution in [0.5, 0.6) is 0 Å². The van der Waals surface area contributed by atoms with Crippen LogP contribution in [0.1, 0.15) is 35.7 Å². The maximum atomic E-state index is 14.1. The van der Waals surface area contributed by atoms with Crippen molar-refractivity contribution < 1.29 is 13.6 Å². The lowest BCUT2D eigenvalue weighted by Gasteiger charge is -2.35. The van der Waals surface area contributed by atoms with Gasteiger partial charge in [-0.05, 0) is 55.8 Å². The first-order valence-electron chi connectivity index (χ1n) is 11.3. The predicted octanol–water partition coefficient (Wildman–Crippen LogP) is 5.55. The van der Waals surface area contributed by atoms with Crippen molar-refractivity contribution in [2.45, 2.75) is 33.0 Å². The molecule has 33 heavy (non-hydrogen) atoms. The van der Waals surface area contributed by atoms with Crippen LogP contribution in [-0.4, -0.2) is 47.9 Å². The molecule has 1 aromatic heterocycles. The number of amides is 1. The largest absolute Gasteiger partial charge is 0.455 e. The fourth-order valence-electron chi connectivity index (χ4n) is 4.04. The molecular weight excluding hydrogens is 485 g/mol. The molecule has 0 N–H and O–H groups in total. The van der Waals surface area contributed by atoms with Gasteiger partial charge in [0.1, 0.15) is 11.6 Å². The molecule has 1 aliphatic heterocycles. The highest BCUT2D eigenvalue weighted by atomic mass is 79.9. The van der Waals surface area contributed by atoms with E-state index in [1.807, 2.05) is 29.2 Å². The first-order chi connectivity index (χ1) is 15.9. The number of hydrogen-bond donors (Lipinski definition) is 0. The second-order valence-corrected chi connectivity index (χ2v) is 9.54. The quantitative estimate of drug-likeness (QED) is 0.415. The van der Waals surface area contributed by atoms with Crippen LogP contribution < -0.4 is 4.90 Å². The normalized spacial score (nSPS) is 14.4. The lowest BCUT2D eigenvalue weighted by atomic mass is 10.2. The highest BCUT2D eigenvalue weighted by Crippen LogP contribution is 2.22. The fourth-order valence-corrected chi connectivity index (χ4v) is 4.30. The van der Waals surface area contributed by atoms with Gasteiger partial charge in [-0.1, -0.05) is 40.2 Å². The Morgan fingerprint density at radius 1 is 1.00 bits per heavy atom. The summed E-state index contributed by atoms with van der Waals surface area (Å²) in [5.41, 5.74) is 1.81. The summed E-state index contributed by atoms with van der Waals surface area (Å²) in [7, 11) is 0. The first-order valence-corrected chi connectivity index (χ1v) is 12.1. The minimum absolute atomic E-state index is 0.113. The number of halogens is 2. The summed E-state index contributed by atoms with van der Waals surface area (Å²) < 4.78 is 21.1. The van der Waals surface area contributed by atoms with Crippen LogP contribution in [0.25, 0.3) is 0 Å². The van der Waals surface area contributed by atoms with Gasteiger partial charge in [0, 0.05) is 43.2 Å². The Kier molecular flexibility index (Phi) is 7.50. The third kappa shape index (κ3) is 5.84. The van der Waals surface area contributed by atoms with E-state index in [2.05, 4.69) is 46.8 Å². The molecule has 0 atom stereocenters. The second kappa shape index (κ2) is 10.5. The van der Waals surface area contributed by atoms with Crippen LogP contribution in [0.4, 0.5) is 10.1 Å². The minimum Gasteiger partial charge on any atom is -0.455 e. The molecule has 2 heterocycles. The summed E-state index contributed by atoms with van der Waals surface area (Å²) >= 11 is 3.48. The highest BCUT2D eigenvalue weighted by molar-refractivity contribution is 9.10. The van der Waals surface area contributed by atoms with E-state index in [0.29, 0.717) is 50.2 Å². The topological polar surface area (TPSA) is 39.9 Å². The zero-order chi connectivity index (χ0) is 23.4. The number of anilines is 1. The second-order valence-electron chi connectivity index (χ2n) is 8.62. The molecule has 1 amide bonds. The molecule has 2 aromatic carbocycles. The van der Waals surface area contributed by atoms with Gasteiger partial charge in [-0.3, -0.25) is 9.69 Å². The molecule has 0 aliphatic carbocycles. The van der Waals surface area contributed by atoms with Crippen molar-refractivity contribution in [2.24, 2.45) is 0 Å². The minimum atomic E-state index is -0.231. The number of furan rings is 1. The van der Waals surface area contributed by atoms with Gasteiger partial charge in [0.15, 0.2) is 5.76 Å². The number of nitrogens with zero attached hydrogens (tertiary/aromatic N) is 3. The molecule has 1 saturated heterocycles. The zero-order valence-corrected chi connectivity index (χ0v) is 20.6. The SMILES string of the molecule is CC(C)N(Cc1ccc(Br)cc1)Cc1ccc(C(=O)N2CCN(c3ccccc3F)CC2)o1. The number of benzene rings is 2. The van der Waals surface area contributed by atoms with E-state index in [4.69, 9.17) is 4.42 Å². The number of rotatable bonds is 7. The number of carbonyl (C=O) groups excluding carboxylic acids is 1. The van der Waals surface area contributed by atoms with E-state index in [1.165, 1.54) is 11.6 Å². The van der Waals surface area contributed by atoms with Crippen molar-refractivity contribution >= 4 is 27.5 Å². The van der Waals surface area contributed by atoms with Gasteiger partial charge >= 0.3 is 0 Å². The molecule has 0 bridgehead atoms. The Bertz CT molecular complexity index is 1080. The lowest BCUT2D eigenvalue weighted by molar-refractivity contribution is 0.0709. The molecule has 0 saturated carbocycles. The van der Waals surface area contributed by atoms with E-state index < -0.39 is 0 Å². The molecule has 4 rings (SSSR count). The zero-order valence-electron chi connectivity index (χ0n) is 19.0. The molecule has 0 unspecified atom stereocenters. The van der Waals surface area contributed by atoms with Gasteiger partial charge in [0.25, 0.3) is 5.91 Å². The maximum Gasteiger partial charge on any atom is 0.289 e. The number of para-hydroxylation sites is 1. The van der Waals surface area contributed by atoms with Crippen LogP contribution in [0, 0.1) is 5.82 Å². The van der Waals surface area contributed by atoms with Gasteiger partial charge in [-0.25, -0.2) is 4.39 Å². The molecule has 1 aliphatic rings. The lowest BCUT2D eigenvalue weighted by Crippen LogP contribution is -2.49. The van der Waals surface area contributed by atoms with Crippen LogP contribution in [0.2, 0.25) is 0 Å². The van der Waals surface area contributed by atoms with Gasteiger partial charge in [0.05, 0.1) is 12.2 Å². The molecule has 1 fully saturated rings. The summed E-state index contributed by atoms with van der Waals surface area (Å²) in [5, 5.41) is 0. The van der Waals surface area contributed by atoms with Crippen molar-refractivity contribution in [1.29, 1.82) is 0 Å². The van der Waals surface area contributed by atoms with Gasteiger partial charge < -0.3 is 14.2 Å². The van der Waals surface area contributed by atoms with E-state index in [9.17, 15) is 9.18 Å². The summed E-state index contributed by atoms with van der Waals surface area (Å²) in [4.78, 5) is 19.1. The molecule has 0 radical (unpaired) electrons. The van der Waals surface area contributed by atoms with Gasteiger partial charge in [-0.15, -0.1) is 0 Å². The van der Waals surface area contributed by atoms with Crippen molar-refractivity contribution in [2.75, 3.05) is 31.1 Å². The van der Waals surface area contributed by atoms with E-state index in [-0.39, 0.29) is 11.7 Å². The molecule has 174 valence electrons. The van der Waals surface area contributed by atoms with Gasteiger partial charge in [0.2, 0.25) is 0 Å². The van der Waals surface area contributed by atoms with E-state index in [1.54, 1.807) is 23.1 Å². The molecule has 5 nitrogen and oxygen atoms in total. The predicted molar refractivity (Wildman–Crippen MR) is 132 cm³/mol. The van der Waals surface area contributed by atoms with Crippen molar-refractivity contribution in [1.82, 2.24) is 9.80 Å². The average Bonchev–Trinajstić information content (AvgIpc) is 3.28. The Labute approximate surface area is 202 Å². The monoisotopic (exact) mass is 513 g/mol. The van der Waals surface area contributed by atoms with Crippen LogP contribution in [-0.2, 0) is 13.1 Å². The fraction of sp³-hybridized carbons (Fsp3) is 0.346. The van der Waals surface area contributed by atoms with E-state index >= 15 is 0 Å². The first kappa shape index (κ1) is 23.5. The maximum absolute atomic E-state index is 14.1. The molecule has 7 heteroatoms. The highest BCUT2D eigenvalue weighted by Gasteiger charge is 2.25. The molecule has 3 aromatic rings. The number of hydrogen-bond acceptors (Lipinski definition) is 4. The third-order valence-electron chi connectivity index (χ3n) is 6.02. The average molecular weight is 514 g/mol. The Morgan fingerprint density at radius 2 is 1.70 bits per heavy atom. The third-order valence-corrected chi connectivity index (χ3v) is 6.55. The standard InChI is InChI=1S/C26H29BrFN3O2/c1-19(2)31(17-20-7-9-21(27)10-8-20)18-22-11-12-25(33-22)26(32)30-15-13-29(14-16-30)24-6-4-3-5-23(24)28/h3-12,19H,13-18H2,1-2H3. The van der Waals surface area contributed by atoms with Crippen molar-refractivity contribution in [3.8, 4) is 0 Å². The smallest absolute Gasteiger partial charge is 0.289 e. The molecular formula is C26H29BrFN3O2. The van der Waals surface area contributed by atoms with Crippen LogP contribution >= 0.6 is 15.9 Å². The summed E-state index contributed by atoms with van der Waals surface area (Å²) in [6, 6.07) is 19.0. The van der Waals surface area contributed by atoms with Crippen LogP contribution in [0.15, 0.2) is 69.6 Å². The van der Waals surface area contributed by atoms with Crippen molar-refractivity contribution in [3.63, 3.8) is 0 Å². The number of carbonyl (C=O) groups is 1. The Balaban J connectivity index is 1.36. The Morgan fingerprint density at radius 3 is 2.36 bits per heavy atom. The summed E-state index contributed by atoms with van der Waals surface area (Å²) in [5.74, 6) is 0.787.